The van der Waals surface area contributed by atoms with Gasteiger partial charge in [-0.15, -0.1) is 12.4 Å². The minimum absolute atomic E-state index is 0. The van der Waals surface area contributed by atoms with Gasteiger partial charge in [0, 0.05) is 37.3 Å². The molecule has 10 nitrogen and oxygen atoms in total. The van der Waals surface area contributed by atoms with Crippen LogP contribution < -0.4 is 14.9 Å². The number of ether oxygens (including phenoxy) is 3. The summed E-state index contributed by atoms with van der Waals surface area (Å²) >= 11 is 0. The van der Waals surface area contributed by atoms with Crippen molar-refractivity contribution >= 4 is 23.4 Å². The van der Waals surface area contributed by atoms with E-state index < -0.39 is 22.7 Å². The van der Waals surface area contributed by atoms with Gasteiger partial charge in [0.1, 0.15) is 29.1 Å². The molecule has 0 bridgehead atoms. The lowest BCUT2D eigenvalue weighted by Crippen LogP contribution is -2.38. The quantitative estimate of drug-likeness (QED) is 0.387. The van der Waals surface area contributed by atoms with Gasteiger partial charge < -0.3 is 39.1 Å². The molecule has 1 aliphatic heterocycles. The van der Waals surface area contributed by atoms with Crippen molar-refractivity contribution in [2.24, 2.45) is 0 Å². The Bertz CT molecular complexity index is 1180. The Kier molecular flexibility index (Phi) is 7.42. The molecule has 2 aromatic carbocycles. The lowest BCUT2D eigenvalue weighted by Gasteiger charge is -2.26. The summed E-state index contributed by atoms with van der Waals surface area (Å²) in [4.78, 5) is 15.4. The van der Waals surface area contributed by atoms with Crippen LogP contribution in [0.3, 0.4) is 0 Å². The molecule has 0 amide bonds. The van der Waals surface area contributed by atoms with Gasteiger partial charge in [-0.25, -0.2) is 0 Å². The molecule has 2 heterocycles. The van der Waals surface area contributed by atoms with E-state index in [1.807, 2.05) is 0 Å². The molecule has 0 unspecified atom stereocenters. The Labute approximate surface area is 194 Å². The number of morpholine rings is 1. The van der Waals surface area contributed by atoms with Crippen LogP contribution in [-0.2, 0) is 4.74 Å². The molecule has 33 heavy (non-hydrogen) atoms. The van der Waals surface area contributed by atoms with Gasteiger partial charge in [-0.1, -0.05) is 0 Å². The summed E-state index contributed by atoms with van der Waals surface area (Å²) in [5.74, 6) is -2.23. The van der Waals surface area contributed by atoms with Gasteiger partial charge in [0.2, 0.25) is 11.2 Å². The van der Waals surface area contributed by atoms with E-state index in [2.05, 4.69) is 4.90 Å². The molecular weight excluding hydrogens is 458 g/mol. The maximum Gasteiger partial charge on any atom is 0.239 e. The number of nitrogens with zero attached hydrogens (tertiary/aromatic N) is 1. The van der Waals surface area contributed by atoms with Crippen molar-refractivity contribution in [1.82, 2.24) is 4.90 Å². The molecule has 11 heteroatoms. The van der Waals surface area contributed by atoms with E-state index in [1.54, 1.807) is 0 Å². The number of fused-ring (bicyclic) bond motifs is 1. The van der Waals surface area contributed by atoms with Crippen molar-refractivity contribution < 1.29 is 39.1 Å². The third kappa shape index (κ3) is 4.87. The molecule has 1 saturated heterocycles. The highest BCUT2D eigenvalue weighted by atomic mass is 35.5. The summed E-state index contributed by atoms with van der Waals surface area (Å²) < 4.78 is 22.2. The lowest BCUT2D eigenvalue weighted by molar-refractivity contribution is 0.0323. The maximum atomic E-state index is 13.2. The second-order valence-corrected chi connectivity index (χ2v) is 7.28. The zero-order chi connectivity index (χ0) is 22.8. The Morgan fingerprint density at radius 3 is 2.33 bits per heavy atom. The topological polar surface area (TPSA) is 142 Å². The van der Waals surface area contributed by atoms with Gasteiger partial charge in [0.05, 0.1) is 20.3 Å². The van der Waals surface area contributed by atoms with E-state index in [9.17, 15) is 25.2 Å². The number of rotatable bonds is 6. The minimum atomic E-state index is -0.704. The molecule has 0 atom stereocenters. The molecule has 1 aliphatic rings. The highest BCUT2D eigenvalue weighted by molar-refractivity contribution is 5.89. The number of phenolic OH excluding ortho intramolecular Hbond substituents is 4. The SMILES string of the molecule is COc1c(-c2cc(O)c(O)c(O)c2)oc2cc(O)cc(OCCN3CCOCC3)c2c1=O.Cl. The van der Waals surface area contributed by atoms with Crippen molar-refractivity contribution in [3.63, 3.8) is 0 Å². The summed E-state index contributed by atoms with van der Waals surface area (Å²) in [5, 5.41) is 39.5. The molecule has 3 aromatic rings. The average molecular weight is 482 g/mol. The zero-order valence-electron chi connectivity index (χ0n) is 17.7. The van der Waals surface area contributed by atoms with Crippen molar-refractivity contribution in [2.75, 3.05) is 46.6 Å². The van der Waals surface area contributed by atoms with E-state index in [0.29, 0.717) is 19.8 Å². The molecule has 4 rings (SSSR count). The Morgan fingerprint density at radius 2 is 1.70 bits per heavy atom. The maximum absolute atomic E-state index is 13.2. The van der Waals surface area contributed by atoms with Crippen LogP contribution in [0.4, 0.5) is 0 Å². The van der Waals surface area contributed by atoms with Gasteiger partial charge in [0.25, 0.3) is 0 Å². The lowest BCUT2D eigenvalue weighted by atomic mass is 10.1. The first-order valence-corrected chi connectivity index (χ1v) is 9.95. The van der Waals surface area contributed by atoms with E-state index in [1.165, 1.54) is 19.2 Å². The van der Waals surface area contributed by atoms with Gasteiger partial charge in [-0.05, 0) is 12.1 Å². The van der Waals surface area contributed by atoms with E-state index >= 15 is 0 Å². The van der Waals surface area contributed by atoms with Crippen LogP contribution in [0.1, 0.15) is 0 Å². The van der Waals surface area contributed by atoms with Gasteiger partial charge in [-0.2, -0.15) is 0 Å². The predicted octanol–water partition coefficient (Wildman–Crippen LogP) is 2.42. The van der Waals surface area contributed by atoms with Crippen molar-refractivity contribution in [3.8, 4) is 45.8 Å². The van der Waals surface area contributed by atoms with Crippen LogP contribution in [0.2, 0.25) is 0 Å². The normalized spacial score (nSPS) is 14.1. The number of hydrogen-bond donors (Lipinski definition) is 4. The first kappa shape index (κ1) is 24.3. The average Bonchev–Trinajstić information content (AvgIpc) is 2.77. The van der Waals surface area contributed by atoms with Crippen molar-refractivity contribution in [3.05, 3.63) is 34.5 Å². The van der Waals surface area contributed by atoms with Crippen LogP contribution in [0.5, 0.6) is 34.5 Å². The molecule has 1 aromatic heterocycles. The van der Waals surface area contributed by atoms with Gasteiger partial charge in [0.15, 0.2) is 23.0 Å². The number of hydrogen-bond acceptors (Lipinski definition) is 10. The summed E-state index contributed by atoms with van der Waals surface area (Å²) in [7, 11) is 1.28. The Balaban J connectivity index is 0.00000306. The Hall–Kier alpha value is -3.34. The summed E-state index contributed by atoms with van der Waals surface area (Å²) in [5.41, 5.74) is -0.441. The fourth-order valence-corrected chi connectivity index (χ4v) is 3.59. The van der Waals surface area contributed by atoms with E-state index in [0.717, 1.165) is 25.2 Å². The van der Waals surface area contributed by atoms with Crippen molar-refractivity contribution in [1.29, 1.82) is 0 Å². The van der Waals surface area contributed by atoms with E-state index in [4.69, 9.17) is 18.6 Å². The zero-order valence-corrected chi connectivity index (χ0v) is 18.6. The smallest absolute Gasteiger partial charge is 0.239 e. The fourth-order valence-electron chi connectivity index (χ4n) is 3.59. The number of phenols is 4. The highest BCUT2D eigenvalue weighted by Crippen LogP contribution is 2.42. The van der Waals surface area contributed by atoms with Gasteiger partial charge in [-0.3, -0.25) is 9.69 Å². The molecule has 0 spiro atoms. The van der Waals surface area contributed by atoms with Crippen LogP contribution in [0, 0.1) is 0 Å². The number of methoxy groups -OCH3 is 1. The first-order chi connectivity index (χ1) is 15.4. The van der Waals surface area contributed by atoms with Crippen LogP contribution >= 0.6 is 12.4 Å². The molecular formula is C22H24ClNO9. The first-order valence-electron chi connectivity index (χ1n) is 9.95. The van der Waals surface area contributed by atoms with E-state index in [-0.39, 0.29) is 58.6 Å². The molecule has 0 aliphatic carbocycles. The second-order valence-electron chi connectivity index (χ2n) is 7.28. The number of benzene rings is 2. The van der Waals surface area contributed by atoms with Crippen molar-refractivity contribution in [2.45, 2.75) is 0 Å². The largest absolute Gasteiger partial charge is 0.508 e. The molecule has 0 radical (unpaired) electrons. The third-order valence-electron chi connectivity index (χ3n) is 5.21. The predicted molar refractivity (Wildman–Crippen MR) is 121 cm³/mol. The summed E-state index contributed by atoms with van der Waals surface area (Å²) in [6.07, 6.45) is 0. The minimum Gasteiger partial charge on any atom is -0.508 e. The standard InChI is InChI=1S/C22H23NO9.ClH/c1-29-22-20(28)18-16(31-7-4-23-2-5-30-6-3-23)10-13(24)11-17(18)32-21(22)12-8-14(25)19(27)15(26)9-12;/h8-11,24-27H,2-7H2,1H3;1H. The monoisotopic (exact) mass is 481 g/mol. The fraction of sp³-hybridized carbons (Fsp3) is 0.318. The molecule has 1 fully saturated rings. The third-order valence-corrected chi connectivity index (χ3v) is 5.21. The van der Waals surface area contributed by atoms with Crippen LogP contribution in [0.25, 0.3) is 22.3 Å². The number of halogens is 1. The molecule has 0 saturated carbocycles. The Morgan fingerprint density at radius 1 is 1.03 bits per heavy atom. The van der Waals surface area contributed by atoms with Gasteiger partial charge >= 0.3 is 0 Å². The second kappa shape index (κ2) is 10.1. The van der Waals surface area contributed by atoms with Crippen LogP contribution in [0.15, 0.2) is 33.5 Å². The highest BCUT2D eigenvalue weighted by Gasteiger charge is 2.23. The van der Waals surface area contributed by atoms with Crippen LogP contribution in [-0.4, -0.2) is 71.9 Å². The summed E-state index contributed by atoms with van der Waals surface area (Å²) in [6, 6.07) is 4.82. The summed E-state index contributed by atoms with van der Waals surface area (Å²) in [6.45, 7) is 3.78. The number of aromatic hydroxyl groups is 4. The molecule has 4 N–H and O–H groups in total. The molecule has 178 valence electrons.